The maximum Gasteiger partial charge on any atom is 0.144 e. The summed E-state index contributed by atoms with van der Waals surface area (Å²) in [6, 6.07) is 0. The molecule has 1 heterocycles. The van der Waals surface area contributed by atoms with Crippen LogP contribution in [0.5, 0.6) is 0 Å². The van der Waals surface area contributed by atoms with Gasteiger partial charge in [0.1, 0.15) is 5.72 Å². The fraction of sp³-hybridized carbons (Fsp3) is 1.00. The largest absolute Gasteiger partial charge is 0.356 e. The Morgan fingerprint density at radius 1 is 0.853 bits per heavy atom. The van der Waals surface area contributed by atoms with Crippen LogP contribution >= 0.6 is 0 Å². The molecule has 0 radical (unpaired) electrons. The van der Waals surface area contributed by atoms with Crippen LogP contribution in [0.25, 0.3) is 0 Å². The molecule has 0 aromatic rings. The number of rotatable bonds is 5. The van der Waals surface area contributed by atoms with E-state index in [0.29, 0.717) is 23.4 Å². The summed E-state index contributed by atoms with van der Waals surface area (Å²) in [5.74, 6) is 6.16. The Morgan fingerprint density at radius 2 is 1.59 bits per heavy atom. The molecule has 34 heavy (non-hydrogen) atoms. The number of fused-ring (bicyclic) bond motifs is 5. The van der Waals surface area contributed by atoms with Crippen LogP contribution in [0.15, 0.2) is 0 Å². The van der Waals surface area contributed by atoms with Gasteiger partial charge in [0.25, 0.3) is 0 Å². The average molecular weight is 474 g/mol. The van der Waals surface area contributed by atoms with Crippen LogP contribution < -0.4 is 0 Å². The van der Waals surface area contributed by atoms with Crippen molar-refractivity contribution in [1.29, 1.82) is 0 Å². The van der Waals surface area contributed by atoms with Crippen LogP contribution in [0, 0.1) is 52.3 Å². The van der Waals surface area contributed by atoms with Crippen molar-refractivity contribution in [2.45, 2.75) is 137 Å². The molecule has 196 valence electrons. The topological polar surface area (TPSA) is 32.7 Å². The minimum Gasteiger partial charge on any atom is -0.356 e. The molecule has 3 nitrogen and oxygen atoms in total. The number of nitrogens with zero attached hydrogens (tertiary/aromatic N) is 1. The summed E-state index contributed by atoms with van der Waals surface area (Å²) < 4.78 is 6.39. The van der Waals surface area contributed by atoms with Gasteiger partial charge in [0.05, 0.1) is 12.1 Å². The quantitative estimate of drug-likeness (QED) is 0.436. The van der Waals surface area contributed by atoms with Crippen molar-refractivity contribution >= 4 is 0 Å². The maximum atomic E-state index is 11.1. The highest BCUT2D eigenvalue weighted by Gasteiger charge is 2.64. The number of hydroxylamine groups is 2. The third-order valence-corrected chi connectivity index (χ3v) is 12.5. The molecule has 0 unspecified atom stereocenters. The van der Waals surface area contributed by atoms with Crippen molar-refractivity contribution in [3.8, 4) is 0 Å². The van der Waals surface area contributed by atoms with Gasteiger partial charge in [-0.2, -0.15) is 5.06 Å². The molecule has 3 heteroatoms. The number of ether oxygens (including phenoxy) is 1. The Kier molecular flexibility index (Phi) is 6.55. The Balaban J connectivity index is 1.29. The first-order chi connectivity index (χ1) is 15.9. The zero-order valence-electron chi connectivity index (χ0n) is 23.5. The van der Waals surface area contributed by atoms with E-state index in [4.69, 9.17) is 4.74 Å². The first-order valence-corrected chi connectivity index (χ1v) is 15.1. The molecule has 5 aliphatic rings. The summed E-state index contributed by atoms with van der Waals surface area (Å²) >= 11 is 0. The van der Waals surface area contributed by atoms with Gasteiger partial charge in [-0.15, -0.1) is 0 Å². The van der Waals surface area contributed by atoms with E-state index < -0.39 is 5.72 Å². The number of hydrogen-bond acceptors (Lipinski definition) is 3. The van der Waals surface area contributed by atoms with Gasteiger partial charge in [-0.3, -0.25) is 0 Å². The zero-order chi connectivity index (χ0) is 24.5. The average Bonchev–Trinajstić information content (AvgIpc) is 3.24. The van der Waals surface area contributed by atoms with Gasteiger partial charge in [0.15, 0.2) is 0 Å². The van der Waals surface area contributed by atoms with Crippen LogP contribution in [-0.2, 0) is 4.74 Å². The lowest BCUT2D eigenvalue weighted by Gasteiger charge is -2.62. The summed E-state index contributed by atoms with van der Waals surface area (Å²) in [6.45, 7) is 17.6. The van der Waals surface area contributed by atoms with Gasteiger partial charge in [0.2, 0.25) is 0 Å². The monoisotopic (exact) mass is 473 g/mol. The van der Waals surface area contributed by atoms with Crippen LogP contribution in [0.2, 0.25) is 0 Å². The summed E-state index contributed by atoms with van der Waals surface area (Å²) in [4.78, 5) is 0. The summed E-state index contributed by atoms with van der Waals surface area (Å²) in [5.41, 5.74) is 0.335. The van der Waals surface area contributed by atoms with Crippen LogP contribution in [0.3, 0.4) is 0 Å². The second-order valence-electron chi connectivity index (χ2n) is 15.3. The molecule has 9 atom stereocenters. The van der Waals surface area contributed by atoms with Crippen LogP contribution in [0.1, 0.15) is 126 Å². The van der Waals surface area contributed by atoms with Gasteiger partial charge < -0.3 is 9.94 Å². The Bertz CT molecular complexity index is 750. The minimum atomic E-state index is -0.423. The first kappa shape index (κ1) is 25.5. The van der Waals surface area contributed by atoms with Crippen molar-refractivity contribution in [2.75, 3.05) is 6.61 Å². The van der Waals surface area contributed by atoms with E-state index in [-0.39, 0.29) is 5.54 Å². The maximum absolute atomic E-state index is 11.1. The van der Waals surface area contributed by atoms with Crippen molar-refractivity contribution in [3.05, 3.63) is 0 Å². The summed E-state index contributed by atoms with van der Waals surface area (Å²) in [6.07, 6.45) is 16.2. The molecule has 5 rings (SSSR count). The summed E-state index contributed by atoms with van der Waals surface area (Å²) in [7, 11) is 0. The predicted molar refractivity (Wildman–Crippen MR) is 139 cm³/mol. The van der Waals surface area contributed by atoms with E-state index in [1.165, 1.54) is 64.2 Å². The van der Waals surface area contributed by atoms with E-state index in [2.05, 4.69) is 48.5 Å². The fourth-order valence-electron chi connectivity index (χ4n) is 10.5. The van der Waals surface area contributed by atoms with Gasteiger partial charge in [-0.05, 0) is 124 Å². The van der Waals surface area contributed by atoms with Crippen molar-refractivity contribution < 1.29 is 9.94 Å². The van der Waals surface area contributed by atoms with Crippen LogP contribution in [0.4, 0.5) is 0 Å². The van der Waals surface area contributed by atoms with E-state index in [9.17, 15) is 5.21 Å². The molecule has 4 aliphatic carbocycles. The van der Waals surface area contributed by atoms with E-state index >= 15 is 0 Å². The smallest absolute Gasteiger partial charge is 0.144 e. The lowest BCUT2D eigenvalue weighted by Crippen LogP contribution is -2.60. The van der Waals surface area contributed by atoms with E-state index in [0.717, 1.165) is 48.3 Å². The molecule has 1 spiro atoms. The second kappa shape index (κ2) is 8.73. The zero-order valence-corrected chi connectivity index (χ0v) is 23.5. The van der Waals surface area contributed by atoms with Gasteiger partial charge >= 0.3 is 0 Å². The second-order valence-corrected chi connectivity index (χ2v) is 15.3. The highest BCUT2D eigenvalue weighted by molar-refractivity contribution is 5.12. The molecule has 1 N–H and O–H groups in total. The third kappa shape index (κ3) is 3.85. The normalized spacial score (nSPS) is 49.1. The lowest BCUT2D eigenvalue weighted by molar-refractivity contribution is -0.283. The van der Waals surface area contributed by atoms with Gasteiger partial charge in [0, 0.05) is 0 Å². The van der Waals surface area contributed by atoms with Gasteiger partial charge in [-0.1, -0.05) is 53.9 Å². The number of hydrogen-bond donors (Lipinski definition) is 1. The third-order valence-electron chi connectivity index (χ3n) is 12.5. The molecule has 1 saturated heterocycles. The minimum absolute atomic E-state index is 0.262. The standard InChI is InChI=1S/C31H55NO2/c1-21(2)9-8-10-22(3)25-13-14-26-24-12-11-23-19-31(32(33)28(4,5)20-34-31)18-17-29(23,6)27(24)15-16-30(25,26)7/h21-27,33H,8-20H2,1-7H3/t22-,23+,24+,25-,26+,27+,29+,30-,31-/m1/s1. The highest BCUT2D eigenvalue weighted by atomic mass is 16.6. The predicted octanol–water partition coefficient (Wildman–Crippen LogP) is 8.30. The molecule has 5 fully saturated rings. The first-order valence-electron chi connectivity index (χ1n) is 15.1. The molecule has 0 amide bonds. The highest BCUT2D eigenvalue weighted by Crippen LogP contribution is 2.69. The van der Waals surface area contributed by atoms with Crippen molar-refractivity contribution in [3.63, 3.8) is 0 Å². The molecule has 4 saturated carbocycles. The SMILES string of the molecule is CC(C)CCC[C@@H](C)[C@H]1CC[C@H]2[C@@H]3CC[C@H]4C[C@@]5(CC[C@]4(C)[C@H]3CC[C@]12C)OCC(C)(C)N5O. The molecule has 0 bridgehead atoms. The lowest BCUT2D eigenvalue weighted by atomic mass is 9.44. The molecule has 0 aromatic heterocycles. The Morgan fingerprint density at radius 3 is 2.26 bits per heavy atom. The van der Waals surface area contributed by atoms with Crippen LogP contribution in [-0.4, -0.2) is 28.1 Å². The fourth-order valence-corrected chi connectivity index (χ4v) is 10.5. The van der Waals surface area contributed by atoms with Crippen molar-refractivity contribution in [2.24, 2.45) is 52.3 Å². The molecule has 1 aliphatic heterocycles. The van der Waals surface area contributed by atoms with Crippen molar-refractivity contribution in [1.82, 2.24) is 5.06 Å². The Hall–Kier alpha value is -0.120. The van der Waals surface area contributed by atoms with E-state index in [1.54, 1.807) is 5.06 Å². The van der Waals surface area contributed by atoms with Gasteiger partial charge in [-0.25, -0.2) is 0 Å². The molecular formula is C31H55NO2. The Labute approximate surface area is 210 Å². The van der Waals surface area contributed by atoms with E-state index in [1.807, 2.05) is 0 Å². The molecule has 0 aromatic carbocycles. The summed E-state index contributed by atoms with van der Waals surface area (Å²) in [5, 5.41) is 12.7. The molecular weight excluding hydrogens is 418 g/mol.